The fraction of sp³-hybridized carbons (Fsp3) is 0. The highest BCUT2D eigenvalue weighted by Crippen LogP contribution is 2.27. The van der Waals surface area contributed by atoms with Gasteiger partial charge in [0, 0.05) is 14.5 Å². The van der Waals surface area contributed by atoms with E-state index in [0.29, 0.717) is 11.3 Å². The minimum absolute atomic E-state index is 0.172. The SMILES string of the molecule is O=C(Nc1cc(Br)ccc1Br)c1cc(Cl)nc(Cl)c1. The molecule has 0 saturated heterocycles. The van der Waals surface area contributed by atoms with E-state index in [1.807, 2.05) is 12.1 Å². The van der Waals surface area contributed by atoms with Crippen LogP contribution < -0.4 is 5.32 Å². The van der Waals surface area contributed by atoms with Crippen molar-refractivity contribution in [3.05, 3.63) is 55.1 Å². The average Bonchev–Trinajstić information content (AvgIpc) is 2.32. The summed E-state index contributed by atoms with van der Waals surface area (Å²) >= 11 is 18.2. The number of anilines is 1. The number of aromatic nitrogens is 1. The lowest BCUT2D eigenvalue weighted by atomic mass is 10.2. The summed E-state index contributed by atoms with van der Waals surface area (Å²) in [5.41, 5.74) is 0.986. The number of amides is 1. The van der Waals surface area contributed by atoms with Crippen LogP contribution in [-0.4, -0.2) is 10.9 Å². The first-order valence-electron chi connectivity index (χ1n) is 5.05. The molecule has 0 unspecified atom stereocenters. The van der Waals surface area contributed by atoms with E-state index in [4.69, 9.17) is 23.2 Å². The first-order chi connectivity index (χ1) is 8.95. The van der Waals surface area contributed by atoms with E-state index in [2.05, 4.69) is 42.2 Å². The number of hydrogen-bond donors (Lipinski definition) is 1. The molecular formula is C12H6Br2Cl2N2O. The van der Waals surface area contributed by atoms with E-state index in [0.717, 1.165) is 8.95 Å². The molecule has 7 heteroatoms. The highest BCUT2D eigenvalue weighted by atomic mass is 79.9. The molecule has 19 heavy (non-hydrogen) atoms. The van der Waals surface area contributed by atoms with Crippen LogP contribution in [-0.2, 0) is 0 Å². The highest BCUT2D eigenvalue weighted by molar-refractivity contribution is 9.11. The Balaban J connectivity index is 2.28. The zero-order valence-electron chi connectivity index (χ0n) is 9.25. The molecule has 2 rings (SSSR count). The van der Waals surface area contributed by atoms with Gasteiger partial charge in [0.25, 0.3) is 5.91 Å². The van der Waals surface area contributed by atoms with Crippen LogP contribution in [0.25, 0.3) is 0 Å². The number of benzene rings is 1. The van der Waals surface area contributed by atoms with Crippen molar-refractivity contribution in [3.63, 3.8) is 0 Å². The van der Waals surface area contributed by atoms with Crippen molar-refractivity contribution in [2.75, 3.05) is 5.32 Å². The van der Waals surface area contributed by atoms with Gasteiger partial charge in [-0.25, -0.2) is 4.98 Å². The summed E-state index contributed by atoms with van der Waals surface area (Å²) in [7, 11) is 0. The van der Waals surface area contributed by atoms with Gasteiger partial charge >= 0.3 is 0 Å². The maximum Gasteiger partial charge on any atom is 0.255 e. The number of nitrogens with zero attached hydrogens (tertiary/aromatic N) is 1. The van der Waals surface area contributed by atoms with Crippen molar-refractivity contribution in [1.29, 1.82) is 0 Å². The lowest BCUT2D eigenvalue weighted by molar-refractivity contribution is 0.102. The number of nitrogens with one attached hydrogen (secondary N) is 1. The van der Waals surface area contributed by atoms with Gasteiger partial charge in [0.2, 0.25) is 0 Å². The number of halogens is 4. The molecule has 0 aliphatic heterocycles. The number of carbonyl (C=O) groups is 1. The molecule has 3 nitrogen and oxygen atoms in total. The third-order valence-electron chi connectivity index (χ3n) is 2.20. The Kier molecular flexibility index (Phi) is 4.84. The molecule has 0 radical (unpaired) electrons. The van der Waals surface area contributed by atoms with Gasteiger partial charge in [-0.1, -0.05) is 39.1 Å². The van der Waals surface area contributed by atoms with Crippen LogP contribution in [0.1, 0.15) is 10.4 Å². The molecular weight excluding hydrogens is 419 g/mol. The lowest BCUT2D eigenvalue weighted by Crippen LogP contribution is -2.12. The van der Waals surface area contributed by atoms with Gasteiger partial charge in [-0.05, 0) is 46.3 Å². The predicted octanol–water partition coefficient (Wildman–Crippen LogP) is 5.17. The van der Waals surface area contributed by atoms with Gasteiger partial charge in [0.05, 0.1) is 5.69 Å². The summed E-state index contributed by atoms with van der Waals surface area (Å²) in [6.45, 7) is 0. The van der Waals surface area contributed by atoms with E-state index >= 15 is 0 Å². The third-order valence-corrected chi connectivity index (χ3v) is 3.77. The van der Waals surface area contributed by atoms with Crippen molar-refractivity contribution in [1.82, 2.24) is 4.98 Å². The van der Waals surface area contributed by atoms with Crippen LogP contribution in [0.5, 0.6) is 0 Å². The fourth-order valence-electron chi connectivity index (χ4n) is 1.38. The summed E-state index contributed by atoms with van der Waals surface area (Å²) in [4.78, 5) is 15.9. The Bertz CT molecular complexity index is 629. The molecule has 0 fully saturated rings. The van der Waals surface area contributed by atoms with E-state index in [-0.39, 0.29) is 16.2 Å². The first-order valence-corrected chi connectivity index (χ1v) is 7.39. The lowest BCUT2D eigenvalue weighted by Gasteiger charge is -2.08. The minimum Gasteiger partial charge on any atom is -0.321 e. The van der Waals surface area contributed by atoms with Crippen LogP contribution in [0.3, 0.4) is 0 Å². The van der Waals surface area contributed by atoms with E-state index in [1.54, 1.807) is 6.07 Å². The summed E-state index contributed by atoms with van der Waals surface area (Å²) in [6, 6.07) is 8.38. The van der Waals surface area contributed by atoms with Crippen LogP contribution in [0.4, 0.5) is 5.69 Å². The topological polar surface area (TPSA) is 42.0 Å². The number of rotatable bonds is 2. The van der Waals surface area contributed by atoms with Gasteiger partial charge in [-0.3, -0.25) is 4.79 Å². The van der Waals surface area contributed by atoms with E-state index < -0.39 is 0 Å². The average molecular weight is 425 g/mol. The highest BCUT2D eigenvalue weighted by Gasteiger charge is 2.11. The Hall–Kier alpha value is -0.620. The fourth-order valence-corrected chi connectivity index (χ4v) is 2.55. The summed E-state index contributed by atoms with van der Waals surface area (Å²) in [5, 5.41) is 3.11. The summed E-state index contributed by atoms with van der Waals surface area (Å²) in [5.74, 6) is -0.315. The molecule has 0 aliphatic rings. The molecule has 2 aromatic rings. The first kappa shape index (κ1) is 14.8. The number of carbonyl (C=O) groups excluding carboxylic acids is 1. The molecule has 0 saturated carbocycles. The molecule has 0 atom stereocenters. The predicted molar refractivity (Wildman–Crippen MR) is 84.1 cm³/mol. The zero-order chi connectivity index (χ0) is 14.0. The Morgan fingerprint density at radius 1 is 1.11 bits per heavy atom. The summed E-state index contributed by atoms with van der Waals surface area (Å²) in [6.07, 6.45) is 0. The molecule has 0 spiro atoms. The van der Waals surface area contributed by atoms with E-state index in [1.165, 1.54) is 12.1 Å². The summed E-state index contributed by atoms with van der Waals surface area (Å²) < 4.78 is 1.63. The van der Waals surface area contributed by atoms with Crippen molar-refractivity contribution in [2.45, 2.75) is 0 Å². The largest absolute Gasteiger partial charge is 0.321 e. The van der Waals surface area contributed by atoms with Crippen molar-refractivity contribution >= 4 is 66.7 Å². The quantitative estimate of drug-likeness (QED) is 0.676. The molecule has 1 N–H and O–H groups in total. The molecule has 1 aromatic carbocycles. The monoisotopic (exact) mass is 422 g/mol. The van der Waals surface area contributed by atoms with Crippen LogP contribution in [0.15, 0.2) is 39.3 Å². The Morgan fingerprint density at radius 3 is 2.37 bits per heavy atom. The van der Waals surface area contributed by atoms with Gasteiger partial charge in [0.15, 0.2) is 0 Å². The van der Waals surface area contributed by atoms with Crippen molar-refractivity contribution in [3.8, 4) is 0 Å². The zero-order valence-corrected chi connectivity index (χ0v) is 13.9. The second-order valence-electron chi connectivity index (χ2n) is 3.58. The second kappa shape index (κ2) is 6.22. The van der Waals surface area contributed by atoms with Crippen LogP contribution in [0, 0.1) is 0 Å². The van der Waals surface area contributed by atoms with Gasteiger partial charge in [-0.2, -0.15) is 0 Å². The number of hydrogen-bond acceptors (Lipinski definition) is 2. The maximum absolute atomic E-state index is 12.1. The molecule has 1 heterocycles. The van der Waals surface area contributed by atoms with Crippen LogP contribution >= 0.6 is 55.1 Å². The Labute approximate surface area is 136 Å². The van der Waals surface area contributed by atoms with Crippen molar-refractivity contribution in [2.24, 2.45) is 0 Å². The van der Waals surface area contributed by atoms with Gasteiger partial charge < -0.3 is 5.32 Å². The minimum atomic E-state index is -0.315. The van der Waals surface area contributed by atoms with E-state index in [9.17, 15) is 4.79 Å². The normalized spacial score (nSPS) is 10.3. The standard InChI is InChI=1S/C12H6Br2Cl2N2O/c13-7-1-2-8(14)9(5-7)17-12(19)6-3-10(15)18-11(16)4-6/h1-5H,(H,17,19). The second-order valence-corrected chi connectivity index (χ2v) is 6.12. The van der Waals surface area contributed by atoms with Gasteiger partial charge in [0.1, 0.15) is 10.3 Å². The smallest absolute Gasteiger partial charge is 0.255 e. The molecule has 1 amide bonds. The Morgan fingerprint density at radius 2 is 1.74 bits per heavy atom. The molecule has 0 bridgehead atoms. The van der Waals surface area contributed by atoms with Crippen molar-refractivity contribution < 1.29 is 4.79 Å². The molecule has 0 aliphatic carbocycles. The third kappa shape index (κ3) is 3.92. The molecule has 1 aromatic heterocycles. The number of pyridine rings is 1. The van der Waals surface area contributed by atoms with Gasteiger partial charge in [-0.15, -0.1) is 0 Å². The van der Waals surface area contributed by atoms with Crippen LogP contribution in [0.2, 0.25) is 10.3 Å². The molecule has 98 valence electrons. The maximum atomic E-state index is 12.1.